The smallest absolute Gasteiger partial charge is 0.256 e. The summed E-state index contributed by atoms with van der Waals surface area (Å²) in [6.07, 6.45) is 0.0892. The van der Waals surface area contributed by atoms with Crippen molar-refractivity contribution >= 4 is 5.91 Å². The van der Waals surface area contributed by atoms with E-state index in [1.54, 1.807) is 0 Å². The molecule has 23 heavy (non-hydrogen) atoms. The average Bonchev–Trinajstić information content (AvgIpc) is 3.07. The molecular formula is C20H22N2O. The lowest BCUT2D eigenvalue weighted by atomic mass is 10.0. The van der Waals surface area contributed by atoms with Gasteiger partial charge in [-0.1, -0.05) is 62.4 Å². The first kappa shape index (κ1) is 14.5. The van der Waals surface area contributed by atoms with E-state index in [4.69, 9.17) is 0 Å². The van der Waals surface area contributed by atoms with Crippen molar-refractivity contribution in [3.63, 3.8) is 0 Å². The van der Waals surface area contributed by atoms with E-state index < -0.39 is 0 Å². The SMILES string of the molecule is CC(C)[C@H]1CN(Cc2ccccc2)[C@H]2c3ccccc3C(=O)N12. The van der Waals surface area contributed by atoms with Gasteiger partial charge < -0.3 is 4.90 Å². The molecular weight excluding hydrogens is 284 g/mol. The van der Waals surface area contributed by atoms with E-state index in [-0.39, 0.29) is 18.1 Å². The molecule has 2 aromatic rings. The van der Waals surface area contributed by atoms with E-state index in [1.807, 2.05) is 24.3 Å². The fourth-order valence-electron chi connectivity index (χ4n) is 3.95. The van der Waals surface area contributed by atoms with Crippen LogP contribution in [0.4, 0.5) is 0 Å². The zero-order valence-corrected chi connectivity index (χ0v) is 13.6. The van der Waals surface area contributed by atoms with Gasteiger partial charge in [0.2, 0.25) is 0 Å². The van der Waals surface area contributed by atoms with Gasteiger partial charge in [0.05, 0.1) is 0 Å². The van der Waals surface area contributed by atoms with Gasteiger partial charge in [-0.05, 0) is 17.5 Å². The largest absolute Gasteiger partial charge is 0.314 e. The summed E-state index contributed by atoms with van der Waals surface area (Å²) in [6.45, 7) is 6.25. The summed E-state index contributed by atoms with van der Waals surface area (Å²) in [5.74, 6) is 0.649. The maximum absolute atomic E-state index is 12.9. The molecule has 2 heterocycles. The quantitative estimate of drug-likeness (QED) is 0.863. The summed E-state index contributed by atoms with van der Waals surface area (Å²) >= 11 is 0. The summed E-state index contributed by atoms with van der Waals surface area (Å²) in [6, 6.07) is 18.9. The zero-order valence-electron chi connectivity index (χ0n) is 13.6. The first-order valence-corrected chi connectivity index (χ1v) is 8.36. The van der Waals surface area contributed by atoms with E-state index in [2.05, 4.69) is 54.0 Å². The first-order valence-electron chi connectivity index (χ1n) is 8.36. The topological polar surface area (TPSA) is 23.6 Å². The molecule has 0 N–H and O–H groups in total. The van der Waals surface area contributed by atoms with Crippen molar-refractivity contribution in [2.24, 2.45) is 5.92 Å². The minimum absolute atomic E-state index is 0.0892. The number of hydrogen-bond donors (Lipinski definition) is 0. The Morgan fingerprint density at radius 3 is 2.48 bits per heavy atom. The number of carbonyl (C=O) groups excluding carboxylic acids is 1. The highest BCUT2D eigenvalue weighted by Crippen LogP contribution is 2.44. The molecule has 1 fully saturated rings. The first-order chi connectivity index (χ1) is 11.2. The van der Waals surface area contributed by atoms with Crippen LogP contribution in [0.2, 0.25) is 0 Å². The Labute approximate surface area is 137 Å². The lowest BCUT2D eigenvalue weighted by Gasteiger charge is -2.27. The van der Waals surface area contributed by atoms with Crippen LogP contribution < -0.4 is 0 Å². The summed E-state index contributed by atoms with van der Waals surface area (Å²) in [4.78, 5) is 17.4. The van der Waals surface area contributed by atoms with Gasteiger partial charge in [-0.2, -0.15) is 0 Å². The Bertz CT molecular complexity index is 725. The highest BCUT2D eigenvalue weighted by atomic mass is 16.2. The minimum atomic E-state index is 0.0892. The van der Waals surface area contributed by atoms with Gasteiger partial charge in [-0.3, -0.25) is 9.69 Å². The van der Waals surface area contributed by atoms with Crippen molar-refractivity contribution in [2.45, 2.75) is 32.6 Å². The molecule has 2 aromatic carbocycles. The predicted molar refractivity (Wildman–Crippen MR) is 90.8 cm³/mol. The van der Waals surface area contributed by atoms with Gasteiger partial charge in [0, 0.05) is 30.3 Å². The third-order valence-electron chi connectivity index (χ3n) is 5.09. The Hall–Kier alpha value is -2.13. The third kappa shape index (κ3) is 2.27. The van der Waals surface area contributed by atoms with Crippen LogP contribution in [0.1, 0.15) is 41.5 Å². The molecule has 0 radical (unpaired) electrons. The molecule has 0 spiro atoms. The lowest BCUT2D eigenvalue weighted by Crippen LogP contribution is -2.37. The Morgan fingerprint density at radius 1 is 1.04 bits per heavy atom. The van der Waals surface area contributed by atoms with Crippen LogP contribution in [0.15, 0.2) is 54.6 Å². The summed E-state index contributed by atoms with van der Waals surface area (Å²) in [5, 5.41) is 0. The minimum Gasteiger partial charge on any atom is -0.314 e. The molecule has 0 bridgehead atoms. The second-order valence-corrected chi connectivity index (χ2v) is 6.90. The van der Waals surface area contributed by atoms with Gasteiger partial charge in [0.25, 0.3) is 5.91 Å². The monoisotopic (exact) mass is 306 g/mol. The van der Waals surface area contributed by atoms with E-state index >= 15 is 0 Å². The second-order valence-electron chi connectivity index (χ2n) is 6.90. The molecule has 2 aliphatic heterocycles. The van der Waals surface area contributed by atoms with Crippen LogP contribution in [-0.2, 0) is 6.54 Å². The lowest BCUT2D eigenvalue weighted by molar-refractivity contribution is 0.0604. The summed E-state index contributed by atoms with van der Waals surface area (Å²) in [7, 11) is 0. The van der Waals surface area contributed by atoms with Gasteiger partial charge in [-0.25, -0.2) is 0 Å². The van der Waals surface area contributed by atoms with Crippen molar-refractivity contribution in [3.8, 4) is 0 Å². The molecule has 4 rings (SSSR count). The number of fused-ring (bicyclic) bond motifs is 3. The van der Waals surface area contributed by atoms with Crippen LogP contribution in [0.5, 0.6) is 0 Å². The van der Waals surface area contributed by atoms with Crippen molar-refractivity contribution < 1.29 is 4.79 Å². The van der Waals surface area contributed by atoms with Crippen LogP contribution in [0, 0.1) is 5.92 Å². The van der Waals surface area contributed by atoms with E-state index in [0.717, 1.165) is 24.2 Å². The average molecular weight is 306 g/mol. The van der Waals surface area contributed by atoms with Crippen molar-refractivity contribution in [3.05, 3.63) is 71.3 Å². The summed E-state index contributed by atoms with van der Waals surface area (Å²) in [5.41, 5.74) is 3.34. The molecule has 2 atom stereocenters. The van der Waals surface area contributed by atoms with E-state index in [0.29, 0.717) is 5.92 Å². The predicted octanol–water partition coefficient (Wildman–Crippen LogP) is 3.68. The Morgan fingerprint density at radius 2 is 1.74 bits per heavy atom. The third-order valence-corrected chi connectivity index (χ3v) is 5.09. The number of rotatable bonds is 3. The van der Waals surface area contributed by atoms with Crippen LogP contribution in [0.25, 0.3) is 0 Å². The standard InChI is InChI=1S/C20H22N2O/c1-14(2)18-13-21(12-15-8-4-3-5-9-15)19-16-10-6-7-11-17(16)20(23)22(18)19/h3-11,14,18-19H,12-13H2,1-2H3/t18-,19-/m1/s1. The number of amides is 1. The summed E-state index contributed by atoms with van der Waals surface area (Å²) < 4.78 is 0. The molecule has 2 aliphatic rings. The van der Waals surface area contributed by atoms with Gasteiger partial charge in [0.15, 0.2) is 0 Å². The van der Waals surface area contributed by atoms with Crippen LogP contribution >= 0.6 is 0 Å². The maximum Gasteiger partial charge on any atom is 0.256 e. The Balaban J connectivity index is 1.72. The molecule has 1 amide bonds. The number of hydrogen-bond acceptors (Lipinski definition) is 2. The normalized spacial score (nSPS) is 23.4. The molecule has 3 nitrogen and oxygen atoms in total. The fraction of sp³-hybridized carbons (Fsp3) is 0.350. The molecule has 118 valence electrons. The number of benzene rings is 2. The highest BCUT2D eigenvalue weighted by Gasteiger charge is 2.49. The molecule has 0 aromatic heterocycles. The van der Waals surface area contributed by atoms with Crippen molar-refractivity contribution in [1.29, 1.82) is 0 Å². The number of carbonyl (C=O) groups is 1. The number of nitrogens with zero attached hydrogens (tertiary/aromatic N) is 2. The Kier molecular flexibility index (Phi) is 3.46. The van der Waals surface area contributed by atoms with Crippen molar-refractivity contribution in [2.75, 3.05) is 6.54 Å². The molecule has 0 saturated carbocycles. The van der Waals surface area contributed by atoms with Crippen molar-refractivity contribution in [1.82, 2.24) is 9.80 Å². The molecule has 0 unspecified atom stereocenters. The van der Waals surface area contributed by atoms with Crippen LogP contribution in [0.3, 0.4) is 0 Å². The van der Waals surface area contributed by atoms with Gasteiger partial charge >= 0.3 is 0 Å². The fourth-order valence-corrected chi connectivity index (χ4v) is 3.95. The van der Waals surface area contributed by atoms with Gasteiger partial charge in [0.1, 0.15) is 6.17 Å². The maximum atomic E-state index is 12.9. The zero-order chi connectivity index (χ0) is 16.0. The van der Waals surface area contributed by atoms with E-state index in [1.165, 1.54) is 5.56 Å². The molecule has 0 aliphatic carbocycles. The van der Waals surface area contributed by atoms with Gasteiger partial charge in [-0.15, -0.1) is 0 Å². The van der Waals surface area contributed by atoms with E-state index in [9.17, 15) is 4.79 Å². The molecule has 3 heteroatoms. The highest BCUT2D eigenvalue weighted by molar-refractivity contribution is 5.99. The molecule has 1 saturated heterocycles. The second kappa shape index (κ2) is 5.50. The van der Waals surface area contributed by atoms with Crippen LogP contribution in [-0.4, -0.2) is 28.3 Å².